The van der Waals surface area contributed by atoms with Crippen LogP contribution in [0.15, 0.2) is 16.5 Å². The SMILES string of the molecule is CC(C)(C)OC(=O)NCC(F)(F)CNCc1ccc(C#N)o1. The van der Waals surface area contributed by atoms with Crippen molar-refractivity contribution in [1.29, 1.82) is 5.26 Å². The van der Waals surface area contributed by atoms with Crippen LogP contribution in [-0.2, 0) is 11.3 Å². The number of ether oxygens (including phenoxy) is 1. The molecular weight excluding hydrogens is 296 g/mol. The molecule has 1 rings (SSSR count). The van der Waals surface area contributed by atoms with Gasteiger partial charge in [0.25, 0.3) is 5.92 Å². The number of nitriles is 1. The largest absolute Gasteiger partial charge is 0.449 e. The molecule has 2 N–H and O–H groups in total. The number of carbonyl (C=O) groups excluding carboxylic acids is 1. The minimum absolute atomic E-state index is 0.0592. The topological polar surface area (TPSA) is 87.3 Å². The van der Waals surface area contributed by atoms with Gasteiger partial charge in [0, 0.05) is 0 Å². The lowest BCUT2D eigenvalue weighted by atomic mass is 10.2. The van der Waals surface area contributed by atoms with E-state index < -0.39 is 30.7 Å². The number of alkyl halides is 2. The number of halogens is 2. The van der Waals surface area contributed by atoms with E-state index in [2.05, 4.69) is 5.32 Å². The van der Waals surface area contributed by atoms with Crippen LogP contribution in [0.4, 0.5) is 13.6 Å². The zero-order chi connectivity index (χ0) is 16.8. The Kier molecular flexibility index (Phi) is 5.88. The molecule has 0 saturated heterocycles. The third kappa shape index (κ3) is 7.04. The zero-order valence-electron chi connectivity index (χ0n) is 12.7. The first kappa shape index (κ1) is 17.9. The molecule has 0 spiro atoms. The summed E-state index contributed by atoms with van der Waals surface area (Å²) in [6.45, 7) is 3.51. The number of alkyl carbamates (subject to hydrolysis) is 1. The van der Waals surface area contributed by atoms with Gasteiger partial charge in [-0.1, -0.05) is 0 Å². The van der Waals surface area contributed by atoms with Crippen LogP contribution >= 0.6 is 0 Å². The molecule has 0 atom stereocenters. The van der Waals surface area contributed by atoms with Crippen molar-refractivity contribution in [2.75, 3.05) is 13.1 Å². The average molecular weight is 315 g/mol. The molecule has 1 aromatic heterocycles. The monoisotopic (exact) mass is 315 g/mol. The summed E-state index contributed by atoms with van der Waals surface area (Å²) in [5.41, 5.74) is -0.741. The van der Waals surface area contributed by atoms with Gasteiger partial charge in [0.05, 0.1) is 19.6 Å². The molecule has 0 fully saturated rings. The molecule has 1 aromatic rings. The van der Waals surface area contributed by atoms with Gasteiger partial charge in [0.15, 0.2) is 0 Å². The number of hydrogen-bond donors (Lipinski definition) is 2. The molecule has 0 aromatic carbocycles. The van der Waals surface area contributed by atoms with Gasteiger partial charge in [-0.25, -0.2) is 13.6 Å². The maximum absolute atomic E-state index is 13.6. The van der Waals surface area contributed by atoms with Crippen molar-refractivity contribution >= 4 is 6.09 Å². The number of furan rings is 1. The van der Waals surface area contributed by atoms with Crippen molar-refractivity contribution < 1.29 is 22.7 Å². The molecule has 0 saturated carbocycles. The molecular formula is C14H19F2N3O3. The van der Waals surface area contributed by atoms with Crippen LogP contribution in [-0.4, -0.2) is 30.7 Å². The fraction of sp³-hybridized carbons (Fsp3) is 0.571. The summed E-state index contributed by atoms with van der Waals surface area (Å²) in [5.74, 6) is -2.63. The summed E-state index contributed by atoms with van der Waals surface area (Å²) in [6, 6.07) is 4.79. The van der Waals surface area contributed by atoms with E-state index >= 15 is 0 Å². The van der Waals surface area contributed by atoms with Crippen LogP contribution < -0.4 is 10.6 Å². The van der Waals surface area contributed by atoms with Gasteiger partial charge in [-0.05, 0) is 32.9 Å². The second-order valence-electron chi connectivity index (χ2n) is 5.69. The second kappa shape index (κ2) is 7.22. The molecule has 1 heterocycles. The molecule has 22 heavy (non-hydrogen) atoms. The number of nitrogens with one attached hydrogen (secondary N) is 2. The van der Waals surface area contributed by atoms with Crippen LogP contribution in [0.25, 0.3) is 0 Å². The molecule has 6 nitrogen and oxygen atoms in total. The first-order valence-corrected chi connectivity index (χ1v) is 6.65. The predicted octanol–water partition coefficient (Wildman–Crippen LogP) is 2.40. The quantitative estimate of drug-likeness (QED) is 0.841. The van der Waals surface area contributed by atoms with E-state index in [1.54, 1.807) is 26.8 Å². The Morgan fingerprint density at radius 3 is 2.59 bits per heavy atom. The van der Waals surface area contributed by atoms with Crippen LogP contribution in [0.5, 0.6) is 0 Å². The van der Waals surface area contributed by atoms with Crippen molar-refractivity contribution in [2.45, 2.75) is 38.8 Å². The maximum Gasteiger partial charge on any atom is 0.407 e. The number of carbonyl (C=O) groups is 1. The fourth-order valence-electron chi connectivity index (χ4n) is 1.48. The van der Waals surface area contributed by atoms with Gasteiger partial charge >= 0.3 is 6.09 Å². The number of amides is 1. The highest BCUT2D eigenvalue weighted by Gasteiger charge is 2.30. The van der Waals surface area contributed by atoms with Gasteiger partial charge in [-0.3, -0.25) is 0 Å². The lowest BCUT2D eigenvalue weighted by Crippen LogP contribution is -2.44. The Labute approximate surface area is 127 Å². The average Bonchev–Trinajstić information content (AvgIpc) is 2.82. The van der Waals surface area contributed by atoms with E-state index in [0.717, 1.165) is 0 Å². The minimum atomic E-state index is -3.14. The summed E-state index contributed by atoms with van der Waals surface area (Å²) in [6.07, 6.45) is -0.892. The standard InChI is InChI=1S/C14H19F2N3O3/c1-13(2,3)22-12(20)19-9-14(15,16)8-18-7-11-5-4-10(6-17)21-11/h4-5,18H,7-9H2,1-3H3,(H,19,20). The van der Waals surface area contributed by atoms with Gasteiger partial charge in [-0.2, -0.15) is 5.26 Å². The molecule has 0 radical (unpaired) electrons. The first-order valence-electron chi connectivity index (χ1n) is 6.65. The highest BCUT2D eigenvalue weighted by atomic mass is 19.3. The van der Waals surface area contributed by atoms with E-state index in [0.29, 0.717) is 5.76 Å². The number of nitrogens with zero attached hydrogens (tertiary/aromatic N) is 1. The van der Waals surface area contributed by atoms with Crippen molar-refractivity contribution in [1.82, 2.24) is 10.6 Å². The van der Waals surface area contributed by atoms with Crippen molar-refractivity contribution in [3.8, 4) is 6.07 Å². The lowest BCUT2D eigenvalue weighted by Gasteiger charge is -2.22. The second-order valence-corrected chi connectivity index (χ2v) is 5.69. The van der Waals surface area contributed by atoms with Gasteiger partial charge in [-0.15, -0.1) is 0 Å². The molecule has 0 unspecified atom stereocenters. The summed E-state index contributed by atoms with van der Waals surface area (Å²) in [4.78, 5) is 11.3. The van der Waals surface area contributed by atoms with Gasteiger partial charge < -0.3 is 19.8 Å². The third-order valence-corrected chi connectivity index (χ3v) is 2.34. The van der Waals surface area contributed by atoms with E-state index in [4.69, 9.17) is 14.4 Å². The van der Waals surface area contributed by atoms with Crippen molar-refractivity contribution in [3.63, 3.8) is 0 Å². The highest BCUT2D eigenvalue weighted by Crippen LogP contribution is 2.13. The summed E-state index contributed by atoms with van der Waals surface area (Å²) in [5, 5.41) is 13.1. The van der Waals surface area contributed by atoms with E-state index in [9.17, 15) is 13.6 Å². The lowest BCUT2D eigenvalue weighted by molar-refractivity contribution is -0.00403. The maximum atomic E-state index is 13.6. The van der Waals surface area contributed by atoms with E-state index in [-0.39, 0.29) is 12.3 Å². The molecule has 0 bridgehead atoms. The van der Waals surface area contributed by atoms with Crippen molar-refractivity contribution in [2.24, 2.45) is 0 Å². The Morgan fingerprint density at radius 1 is 1.36 bits per heavy atom. The third-order valence-electron chi connectivity index (χ3n) is 2.34. The van der Waals surface area contributed by atoms with Crippen LogP contribution in [0.3, 0.4) is 0 Å². The molecule has 0 aliphatic carbocycles. The fourth-order valence-corrected chi connectivity index (χ4v) is 1.48. The molecule has 0 aliphatic rings. The smallest absolute Gasteiger partial charge is 0.407 e. The van der Waals surface area contributed by atoms with Crippen molar-refractivity contribution in [3.05, 3.63) is 23.7 Å². The predicted molar refractivity (Wildman–Crippen MR) is 74.3 cm³/mol. The summed E-state index contributed by atoms with van der Waals surface area (Å²) >= 11 is 0. The molecule has 122 valence electrons. The van der Waals surface area contributed by atoms with Gasteiger partial charge in [0.2, 0.25) is 5.76 Å². The Bertz CT molecular complexity index is 544. The normalized spacial score (nSPS) is 11.8. The Morgan fingerprint density at radius 2 is 2.05 bits per heavy atom. The molecule has 0 aliphatic heterocycles. The van der Waals surface area contributed by atoms with Gasteiger partial charge in [0.1, 0.15) is 17.4 Å². The molecule has 8 heteroatoms. The summed E-state index contributed by atoms with van der Waals surface area (Å²) < 4.78 is 37.1. The van der Waals surface area contributed by atoms with E-state index in [1.165, 1.54) is 12.1 Å². The number of rotatable bonds is 6. The minimum Gasteiger partial charge on any atom is -0.449 e. The molecule has 1 amide bonds. The zero-order valence-corrected chi connectivity index (χ0v) is 12.7. The summed E-state index contributed by atoms with van der Waals surface area (Å²) in [7, 11) is 0. The number of hydrogen-bond acceptors (Lipinski definition) is 5. The van der Waals surface area contributed by atoms with Crippen LogP contribution in [0.1, 0.15) is 32.3 Å². The van der Waals surface area contributed by atoms with E-state index in [1.807, 2.05) is 5.32 Å². The Hall–Kier alpha value is -2.14. The van der Waals surface area contributed by atoms with Crippen LogP contribution in [0, 0.1) is 11.3 Å². The Balaban J connectivity index is 2.31. The first-order chi connectivity index (χ1) is 10.1. The van der Waals surface area contributed by atoms with Crippen LogP contribution in [0.2, 0.25) is 0 Å². The highest BCUT2D eigenvalue weighted by molar-refractivity contribution is 5.67.